The summed E-state index contributed by atoms with van der Waals surface area (Å²) in [5.41, 5.74) is 0.624. The second kappa shape index (κ2) is 6.96. The minimum absolute atomic E-state index is 0.0114. The van der Waals surface area contributed by atoms with E-state index in [0.29, 0.717) is 15.4 Å². The third kappa shape index (κ3) is 2.90. The quantitative estimate of drug-likeness (QED) is 0.436. The van der Waals surface area contributed by atoms with Gasteiger partial charge in [-0.05, 0) is 32.2 Å². The number of aliphatic hydroxyl groups is 1. The number of carbonyl (C=O) groups excluding carboxylic acids is 2. The van der Waals surface area contributed by atoms with E-state index in [1.165, 1.54) is 0 Å². The molecule has 0 aromatic heterocycles. The van der Waals surface area contributed by atoms with Gasteiger partial charge in [0.15, 0.2) is 0 Å². The molecule has 2 aromatic rings. The number of carbonyl (C=O) groups is 2. The van der Waals surface area contributed by atoms with Crippen LogP contribution in [0.25, 0.3) is 16.5 Å². The predicted octanol–water partition coefficient (Wildman–Crippen LogP) is 4.69. The van der Waals surface area contributed by atoms with E-state index in [9.17, 15) is 14.7 Å². The van der Waals surface area contributed by atoms with Gasteiger partial charge >= 0.3 is 11.9 Å². The number of rotatable bonds is 2. The van der Waals surface area contributed by atoms with Crippen LogP contribution in [0.1, 0.15) is 26.3 Å². The first-order valence-electron chi connectivity index (χ1n) is 8.08. The fourth-order valence-corrected chi connectivity index (χ4v) is 3.52. The molecule has 134 valence electrons. The highest BCUT2D eigenvalue weighted by Crippen LogP contribution is 2.42. The smallest absolute Gasteiger partial charge is 0.344 e. The second-order valence-corrected chi connectivity index (χ2v) is 6.84. The summed E-state index contributed by atoms with van der Waals surface area (Å²) in [4.78, 5) is 25.3. The second-order valence-electron chi connectivity index (χ2n) is 5.99. The van der Waals surface area contributed by atoms with E-state index in [1.807, 2.05) is 18.2 Å². The molecule has 1 aliphatic heterocycles. The van der Waals surface area contributed by atoms with Crippen LogP contribution >= 0.6 is 15.9 Å². The molecule has 3 rings (SSSR count). The number of esters is 2. The number of hydrogen-bond donors (Lipinski definition) is 1. The largest absolute Gasteiger partial charge is 0.506 e. The molecule has 0 fully saturated rings. The van der Waals surface area contributed by atoms with Crippen LogP contribution in [-0.2, 0) is 14.3 Å². The van der Waals surface area contributed by atoms with Crippen LogP contribution < -0.4 is 4.74 Å². The lowest BCUT2D eigenvalue weighted by Gasteiger charge is -2.11. The summed E-state index contributed by atoms with van der Waals surface area (Å²) in [6.07, 6.45) is 0. The Labute approximate surface area is 159 Å². The van der Waals surface area contributed by atoms with Crippen molar-refractivity contribution in [2.45, 2.75) is 20.8 Å². The Morgan fingerprint density at radius 2 is 1.88 bits per heavy atom. The third-order valence-corrected chi connectivity index (χ3v) is 4.72. The van der Waals surface area contributed by atoms with Crippen molar-refractivity contribution >= 4 is 44.4 Å². The third-order valence-electron chi connectivity index (χ3n) is 4.07. The van der Waals surface area contributed by atoms with Crippen molar-refractivity contribution in [1.29, 1.82) is 0 Å². The number of halogens is 1. The van der Waals surface area contributed by atoms with E-state index in [0.717, 1.165) is 5.39 Å². The van der Waals surface area contributed by atoms with Crippen molar-refractivity contribution in [2.75, 3.05) is 6.61 Å². The summed E-state index contributed by atoms with van der Waals surface area (Å²) in [5, 5.41) is 12.4. The Morgan fingerprint density at radius 1 is 1.23 bits per heavy atom. The Balaban J connectivity index is 2.42. The summed E-state index contributed by atoms with van der Waals surface area (Å²) in [6.45, 7) is 5.12. The van der Waals surface area contributed by atoms with Crippen LogP contribution in [0.15, 0.2) is 51.5 Å². The highest BCUT2D eigenvalue weighted by atomic mass is 79.9. The summed E-state index contributed by atoms with van der Waals surface area (Å²) in [7, 11) is 0. The van der Waals surface area contributed by atoms with E-state index < -0.39 is 11.9 Å². The highest BCUT2D eigenvalue weighted by Gasteiger charge is 2.34. The van der Waals surface area contributed by atoms with E-state index >= 15 is 0 Å². The fraction of sp³-hybridized carbons (Fsp3) is 0.200. The molecular formula is C20H17BrO5. The number of benzene rings is 2. The lowest BCUT2D eigenvalue weighted by molar-refractivity contribution is -0.139. The maximum Gasteiger partial charge on any atom is 0.344 e. The zero-order valence-electron chi connectivity index (χ0n) is 14.6. The molecular weight excluding hydrogens is 400 g/mol. The summed E-state index contributed by atoms with van der Waals surface area (Å²) in [5.74, 6) is -1.60. The molecule has 26 heavy (non-hydrogen) atoms. The van der Waals surface area contributed by atoms with Gasteiger partial charge in [-0.3, -0.25) is 0 Å². The molecule has 0 atom stereocenters. The van der Waals surface area contributed by atoms with Gasteiger partial charge in [-0.25, -0.2) is 9.59 Å². The number of fused-ring (bicyclic) bond motifs is 3. The Bertz CT molecular complexity index is 997. The zero-order chi connectivity index (χ0) is 19.0. The number of ether oxygens (including phenoxy) is 2. The molecule has 0 amide bonds. The average Bonchev–Trinajstić information content (AvgIpc) is 2.71. The maximum atomic E-state index is 12.8. The predicted molar refractivity (Wildman–Crippen MR) is 102 cm³/mol. The van der Waals surface area contributed by atoms with Crippen molar-refractivity contribution in [3.63, 3.8) is 0 Å². The Hall–Kier alpha value is -2.60. The van der Waals surface area contributed by atoms with Gasteiger partial charge in [-0.15, -0.1) is 0 Å². The Kier molecular flexibility index (Phi) is 4.87. The molecule has 2 aromatic carbocycles. The molecule has 0 aliphatic carbocycles. The monoisotopic (exact) mass is 416 g/mol. The SMILES string of the molecule is CCOC(=O)C1=C(O)c2cc(Br)c3ccccc3c2OC(=O)C1=C(C)C. The van der Waals surface area contributed by atoms with Crippen molar-refractivity contribution in [3.05, 3.63) is 57.1 Å². The van der Waals surface area contributed by atoms with Crippen LogP contribution in [0, 0.1) is 0 Å². The van der Waals surface area contributed by atoms with E-state index in [-0.39, 0.29) is 34.8 Å². The molecule has 1 heterocycles. The van der Waals surface area contributed by atoms with Crippen LogP contribution in [0.3, 0.4) is 0 Å². The summed E-state index contributed by atoms with van der Waals surface area (Å²) >= 11 is 3.47. The molecule has 0 unspecified atom stereocenters. The standard InChI is InChI=1S/C20H17BrO5/c1-4-25-19(23)16-15(10(2)3)20(24)26-18-12-8-6-5-7-11(12)14(21)9-13(18)17(16)22/h5-9,22H,4H2,1-3H3. The summed E-state index contributed by atoms with van der Waals surface area (Å²) < 4.78 is 11.4. The van der Waals surface area contributed by atoms with Crippen molar-refractivity contribution in [2.24, 2.45) is 0 Å². The highest BCUT2D eigenvalue weighted by molar-refractivity contribution is 9.10. The molecule has 0 spiro atoms. The maximum absolute atomic E-state index is 12.8. The van der Waals surface area contributed by atoms with Gasteiger partial charge in [0.05, 0.1) is 17.7 Å². The van der Waals surface area contributed by atoms with E-state index in [4.69, 9.17) is 9.47 Å². The first kappa shape index (κ1) is 18.2. The topological polar surface area (TPSA) is 72.8 Å². The van der Waals surface area contributed by atoms with Gasteiger partial charge < -0.3 is 14.6 Å². The minimum atomic E-state index is -0.768. The first-order chi connectivity index (χ1) is 12.4. The average molecular weight is 417 g/mol. The van der Waals surface area contributed by atoms with Gasteiger partial charge in [0, 0.05) is 9.86 Å². The minimum Gasteiger partial charge on any atom is -0.506 e. The van der Waals surface area contributed by atoms with Crippen LogP contribution in [0.4, 0.5) is 0 Å². The van der Waals surface area contributed by atoms with Crippen molar-refractivity contribution < 1.29 is 24.2 Å². The number of allylic oxidation sites excluding steroid dienone is 1. The van der Waals surface area contributed by atoms with Crippen LogP contribution in [0.2, 0.25) is 0 Å². The molecule has 0 saturated heterocycles. The molecule has 0 saturated carbocycles. The first-order valence-corrected chi connectivity index (χ1v) is 8.88. The number of hydrogen-bond acceptors (Lipinski definition) is 5. The van der Waals surface area contributed by atoms with Crippen molar-refractivity contribution in [1.82, 2.24) is 0 Å². The Morgan fingerprint density at radius 3 is 2.50 bits per heavy atom. The van der Waals surface area contributed by atoms with Gasteiger partial charge in [-0.1, -0.05) is 45.8 Å². The fourth-order valence-electron chi connectivity index (χ4n) is 2.95. The van der Waals surface area contributed by atoms with Gasteiger partial charge in [0.25, 0.3) is 0 Å². The zero-order valence-corrected chi connectivity index (χ0v) is 16.1. The molecule has 1 aliphatic rings. The van der Waals surface area contributed by atoms with E-state index in [2.05, 4.69) is 15.9 Å². The van der Waals surface area contributed by atoms with Crippen LogP contribution in [-0.4, -0.2) is 23.7 Å². The normalized spacial score (nSPS) is 14.0. The van der Waals surface area contributed by atoms with E-state index in [1.54, 1.807) is 32.9 Å². The molecule has 0 bridgehead atoms. The molecule has 1 N–H and O–H groups in total. The van der Waals surface area contributed by atoms with Gasteiger partial charge in [0.2, 0.25) is 0 Å². The number of aliphatic hydroxyl groups excluding tert-OH is 1. The lowest BCUT2D eigenvalue weighted by Crippen LogP contribution is -2.19. The van der Waals surface area contributed by atoms with Gasteiger partial charge in [0.1, 0.15) is 17.1 Å². The van der Waals surface area contributed by atoms with Crippen molar-refractivity contribution in [3.8, 4) is 5.75 Å². The summed E-state index contributed by atoms with van der Waals surface area (Å²) in [6, 6.07) is 8.96. The lowest BCUT2D eigenvalue weighted by atomic mass is 9.97. The van der Waals surface area contributed by atoms with Gasteiger partial charge in [-0.2, -0.15) is 0 Å². The van der Waals surface area contributed by atoms with Crippen LogP contribution in [0.5, 0.6) is 5.75 Å². The molecule has 0 radical (unpaired) electrons. The molecule has 6 heteroatoms. The molecule has 5 nitrogen and oxygen atoms in total.